The maximum Gasteiger partial charge on any atom is 0.361 e. The molecule has 0 spiro atoms. The molecule has 0 saturated heterocycles. The zero-order chi connectivity index (χ0) is 40.0. The van der Waals surface area contributed by atoms with E-state index >= 15 is 0 Å². The molecule has 54 heavy (non-hydrogen) atoms. The molecule has 0 saturated carbocycles. The Bertz CT molecular complexity index is 1030. The van der Waals surface area contributed by atoms with Gasteiger partial charge in [0.05, 0.1) is 34.4 Å². The minimum Gasteiger partial charge on any atom is -0.477 e. The number of carboxylic acids is 1. The number of allylic oxidation sites excluding steroid dienone is 8. The van der Waals surface area contributed by atoms with E-state index in [-0.39, 0.29) is 32.2 Å². The summed E-state index contributed by atoms with van der Waals surface area (Å²) < 4.78 is 22.6. The summed E-state index contributed by atoms with van der Waals surface area (Å²) in [5.41, 5.74) is 0. The lowest BCUT2D eigenvalue weighted by Gasteiger charge is -2.25. The maximum absolute atomic E-state index is 12.7. The largest absolute Gasteiger partial charge is 0.477 e. The summed E-state index contributed by atoms with van der Waals surface area (Å²) in [4.78, 5) is 36.8. The number of esters is 2. The highest BCUT2D eigenvalue weighted by atomic mass is 16.7. The van der Waals surface area contributed by atoms with Crippen LogP contribution in [0.5, 0.6) is 0 Å². The third-order valence-electron chi connectivity index (χ3n) is 8.85. The van der Waals surface area contributed by atoms with Crippen LogP contribution >= 0.6 is 0 Å². The molecule has 0 bridgehead atoms. The quantitative estimate of drug-likeness (QED) is 0.0218. The fraction of sp³-hybridized carbons (Fsp3) is 0.756. The summed E-state index contributed by atoms with van der Waals surface area (Å²) in [5, 5.41) is 9.58. The molecule has 1 N–H and O–H groups in total. The van der Waals surface area contributed by atoms with Gasteiger partial charge in [0.2, 0.25) is 0 Å². The third-order valence-corrected chi connectivity index (χ3v) is 8.85. The third kappa shape index (κ3) is 37.6. The monoisotopic (exact) mass is 763 g/mol. The van der Waals surface area contributed by atoms with Crippen molar-refractivity contribution in [1.29, 1.82) is 0 Å². The predicted molar refractivity (Wildman–Crippen MR) is 221 cm³/mol. The number of rotatable bonds is 38. The van der Waals surface area contributed by atoms with Gasteiger partial charge in [-0.2, -0.15) is 0 Å². The molecule has 0 amide bonds. The summed E-state index contributed by atoms with van der Waals surface area (Å²) >= 11 is 0. The lowest BCUT2D eigenvalue weighted by molar-refractivity contribution is -0.870. The molecule has 9 heteroatoms. The molecule has 9 nitrogen and oxygen atoms in total. The Hall–Kier alpha value is -2.75. The van der Waals surface area contributed by atoms with Gasteiger partial charge in [0, 0.05) is 12.8 Å². The van der Waals surface area contributed by atoms with Crippen molar-refractivity contribution in [3.8, 4) is 0 Å². The molecule has 0 aromatic rings. The Balaban J connectivity index is 4.26. The highest BCUT2D eigenvalue weighted by Crippen LogP contribution is 2.14. The molecule has 0 heterocycles. The highest BCUT2D eigenvalue weighted by Gasteiger charge is 2.25. The topological polar surface area (TPSA) is 108 Å². The Morgan fingerprint density at radius 2 is 1.06 bits per heavy atom. The second-order valence-corrected chi connectivity index (χ2v) is 15.3. The standard InChI is InChI=1S/C45H79NO8/c1-6-8-10-12-14-15-16-17-18-19-20-21-22-23-24-25-26-27-28-29-30-32-34-36-43(48)54-41(39-52-42(47)35-33-31-13-11-9-7-2)40-53-45(44(49)50)51-38-37-46(3,4)5/h8,10,14-15,17-18,20-21,41,45H,6-7,9,11-13,16,19,22-40H2,1-5H3/p+1/b10-8-,15-14-,18-17-,21-20-. The molecule has 0 aliphatic carbocycles. The van der Waals surface area contributed by atoms with Gasteiger partial charge in [0.1, 0.15) is 13.2 Å². The van der Waals surface area contributed by atoms with Crippen LogP contribution in [0.3, 0.4) is 0 Å². The summed E-state index contributed by atoms with van der Waals surface area (Å²) in [5.74, 6) is -2.03. The molecule has 2 unspecified atom stereocenters. The fourth-order valence-corrected chi connectivity index (χ4v) is 5.53. The van der Waals surface area contributed by atoms with E-state index < -0.39 is 24.3 Å². The van der Waals surface area contributed by atoms with Crippen molar-refractivity contribution < 1.29 is 42.9 Å². The van der Waals surface area contributed by atoms with Crippen LogP contribution in [-0.4, -0.2) is 87.4 Å². The second-order valence-electron chi connectivity index (χ2n) is 15.3. The Morgan fingerprint density at radius 3 is 1.57 bits per heavy atom. The molecule has 0 aromatic heterocycles. The van der Waals surface area contributed by atoms with Crippen molar-refractivity contribution in [2.75, 3.05) is 47.5 Å². The van der Waals surface area contributed by atoms with Crippen LogP contribution in [-0.2, 0) is 33.3 Å². The molecule has 0 aliphatic rings. The van der Waals surface area contributed by atoms with Gasteiger partial charge in [-0.3, -0.25) is 9.59 Å². The van der Waals surface area contributed by atoms with Crippen LogP contribution in [0.1, 0.15) is 162 Å². The van der Waals surface area contributed by atoms with Crippen molar-refractivity contribution in [2.24, 2.45) is 0 Å². The number of carbonyl (C=O) groups is 3. The van der Waals surface area contributed by atoms with Gasteiger partial charge in [0.15, 0.2) is 6.10 Å². The van der Waals surface area contributed by atoms with Crippen LogP contribution in [0.15, 0.2) is 48.6 Å². The lowest BCUT2D eigenvalue weighted by atomic mass is 10.0. The minimum absolute atomic E-state index is 0.184. The van der Waals surface area contributed by atoms with E-state index in [1.54, 1.807) is 0 Å². The number of aliphatic carboxylic acids is 1. The van der Waals surface area contributed by atoms with Crippen molar-refractivity contribution in [1.82, 2.24) is 0 Å². The van der Waals surface area contributed by atoms with E-state index in [0.29, 0.717) is 23.9 Å². The number of quaternary nitrogens is 1. The number of unbranched alkanes of at least 4 members (excludes halogenated alkanes) is 15. The molecular formula is C45H80NO8+. The van der Waals surface area contributed by atoms with E-state index in [0.717, 1.165) is 77.0 Å². The first-order valence-corrected chi connectivity index (χ1v) is 21.3. The van der Waals surface area contributed by atoms with Gasteiger partial charge in [-0.1, -0.05) is 146 Å². The van der Waals surface area contributed by atoms with Gasteiger partial charge in [-0.05, 0) is 51.4 Å². The normalized spacial score (nSPS) is 13.4. The van der Waals surface area contributed by atoms with Gasteiger partial charge < -0.3 is 28.5 Å². The van der Waals surface area contributed by atoms with Crippen molar-refractivity contribution in [2.45, 2.75) is 174 Å². The van der Waals surface area contributed by atoms with Crippen molar-refractivity contribution >= 4 is 17.9 Å². The first-order valence-electron chi connectivity index (χ1n) is 21.3. The van der Waals surface area contributed by atoms with Crippen molar-refractivity contribution in [3.63, 3.8) is 0 Å². The van der Waals surface area contributed by atoms with E-state index in [1.165, 1.54) is 51.4 Å². The van der Waals surface area contributed by atoms with Crippen LogP contribution in [0, 0.1) is 0 Å². The molecule has 312 valence electrons. The number of likely N-dealkylation sites (N-methyl/N-ethyl adjacent to an activating group) is 1. The molecular weight excluding hydrogens is 682 g/mol. The number of nitrogens with zero attached hydrogens (tertiary/aromatic N) is 1. The first kappa shape index (κ1) is 51.2. The van der Waals surface area contributed by atoms with Crippen LogP contribution in [0.25, 0.3) is 0 Å². The molecule has 0 fully saturated rings. The minimum atomic E-state index is -1.51. The van der Waals surface area contributed by atoms with Gasteiger partial charge in [-0.25, -0.2) is 4.79 Å². The van der Waals surface area contributed by atoms with Crippen LogP contribution < -0.4 is 0 Å². The summed E-state index contributed by atoms with van der Waals surface area (Å²) in [6, 6.07) is 0. The Morgan fingerprint density at radius 1 is 0.574 bits per heavy atom. The number of carbonyl (C=O) groups excluding carboxylic acids is 2. The van der Waals surface area contributed by atoms with E-state index in [9.17, 15) is 19.5 Å². The first-order chi connectivity index (χ1) is 26.1. The second kappa shape index (κ2) is 37.2. The molecule has 0 rings (SSSR count). The number of carboxylic acid groups (broad SMARTS) is 1. The average molecular weight is 763 g/mol. The Labute approximate surface area is 330 Å². The number of hydrogen-bond acceptors (Lipinski definition) is 7. The summed E-state index contributed by atoms with van der Waals surface area (Å²) in [7, 11) is 5.94. The summed E-state index contributed by atoms with van der Waals surface area (Å²) in [6.07, 6.45) is 39.2. The predicted octanol–water partition coefficient (Wildman–Crippen LogP) is 10.8. The molecule has 0 radical (unpaired) electrons. The van der Waals surface area contributed by atoms with Crippen LogP contribution in [0.4, 0.5) is 0 Å². The fourth-order valence-electron chi connectivity index (χ4n) is 5.53. The number of ether oxygens (including phenoxy) is 4. The highest BCUT2D eigenvalue weighted by molar-refractivity contribution is 5.71. The Kier molecular flexibility index (Phi) is 35.3. The SMILES string of the molecule is CC/C=C\C/C=C\C/C=C\C/C=C\CCCCCCCCCCCCC(=O)OC(COC(=O)CCCCCCCC)COC(OCC[N+](C)(C)C)C(=O)O. The van der Waals surface area contributed by atoms with E-state index in [1.807, 2.05) is 21.1 Å². The average Bonchev–Trinajstić information content (AvgIpc) is 3.12. The number of hydrogen-bond donors (Lipinski definition) is 1. The van der Waals surface area contributed by atoms with E-state index in [4.69, 9.17) is 18.9 Å². The summed E-state index contributed by atoms with van der Waals surface area (Å²) in [6.45, 7) is 4.67. The zero-order valence-electron chi connectivity index (χ0n) is 35.1. The van der Waals surface area contributed by atoms with Gasteiger partial charge in [-0.15, -0.1) is 0 Å². The maximum atomic E-state index is 12.7. The van der Waals surface area contributed by atoms with Gasteiger partial charge in [0.25, 0.3) is 6.29 Å². The van der Waals surface area contributed by atoms with Crippen LogP contribution in [0.2, 0.25) is 0 Å². The van der Waals surface area contributed by atoms with Gasteiger partial charge >= 0.3 is 17.9 Å². The lowest BCUT2D eigenvalue weighted by Crippen LogP contribution is -2.40. The smallest absolute Gasteiger partial charge is 0.361 e. The van der Waals surface area contributed by atoms with Crippen molar-refractivity contribution in [3.05, 3.63) is 48.6 Å². The zero-order valence-corrected chi connectivity index (χ0v) is 35.1. The molecule has 0 aliphatic heterocycles. The molecule has 2 atom stereocenters. The molecule has 0 aromatic carbocycles. The van der Waals surface area contributed by atoms with E-state index in [2.05, 4.69) is 62.5 Å².